The van der Waals surface area contributed by atoms with Gasteiger partial charge in [-0.15, -0.1) is 11.3 Å². The number of hydrogen-bond acceptors (Lipinski definition) is 6. The number of fused-ring (bicyclic) bond motifs is 1. The minimum atomic E-state index is 0.665. The van der Waals surface area contributed by atoms with Crippen LogP contribution in [0.1, 0.15) is 18.2 Å². The van der Waals surface area contributed by atoms with Gasteiger partial charge in [0, 0.05) is 31.9 Å². The van der Waals surface area contributed by atoms with Crippen LogP contribution in [-0.2, 0) is 13.6 Å². The van der Waals surface area contributed by atoms with E-state index < -0.39 is 0 Å². The summed E-state index contributed by atoms with van der Waals surface area (Å²) in [5.74, 6) is 1.53. The summed E-state index contributed by atoms with van der Waals surface area (Å²) in [5, 5.41) is 14.0. The Kier molecular flexibility index (Phi) is 3.74. The summed E-state index contributed by atoms with van der Waals surface area (Å²) in [7, 11) is 1.93. The molecule has 0 radical (unpaired) electrons. The minimum Gasteiger partial charge on any atom is -0.365 e. The first-order chi connectivity index (χ1) is 10.2. The molecule has 0 bridgehead atoms. The Hall–Kier alpha value is -2.15. The van der Waals surface area contributed by atoms with Crippen molar-refractivity contribution >= 4 is 33.3 Å². The van der Waals surface area contributed by atoms with E-state index in [4.69, 9.17) is 0 Å². The largest absolute Gasteiger partial charge is 0.365 e. The van der Waals surface area contributed by atoms with Gasteiger partial charge in [0.2, 0.25) is 5.95 Å². The molecule has 0 unspecified atom stereocenters. The number of nitrogens with zero attached hydrogens (tertiary/aromatic N) is 4. The Morgan fingerprint density at radius 3 is 2.86 bits per heavy atom. The molecule has 0 fully saturated rings. The minimum absolute atomic E-state index is 0.665. The van der Waals surface area contributed by atoms with Crippen LogP contribution in [0.2, 0.25) is 0 Å². The SMILES string of the molecule is CCNc1nc(NCc2cn(C)nc2C)c2ccsc2n1. The lowest BCUT2D eigenvalue weighted by Crippen LogP contribution is -2.07. The molecule has 0 atom stereocenters. The summed E-state index contributed by atoms with van der Waals surface area (Å²) in [4.78, 5) is 10.1. The Labute approximate surface area is 127 Å². The molecule has 0 aliphatic carbocycles. The molecule has 0 saturated heterocycles. The number of aryl methyl sites for hydroxylation is 2. The highest BCUT2D eigenvalue weighted by molar-refractivity contribution is 7.16. The molecule has 0 aliphatic rings. The second-order valence-electron chi connectivity index (χ2n) is 4.83. The van der Waals surface area contributed by atoms with E-state index in [-0.39, 0.29) is 0 Å². The third-order valence-corrected chi connectivity index (χ3v) is 4.03. The highest BCUT2D eigenvalue weighted by Gasteiger charge is 2.10. The van der Waals surface area contributed by atoms with Crippen LogP contribution in [0.4, 0.5) is 11.8 Å². The van der Waals surface area contributed by atoms with Gasteiger partial charge in [-0.05, 0) is 25.3 Å². The van der Waals surface area contributed by atoms with Gasteiger partial charge in [0.25, 0.3) is 0 Å². The van der Waals surface area contributed by atoms with Gasteiger partial charge < -0.3 is 10.6 Å². The molecule has 6 nitrogen and oxygen atoms in total. The lowest BCUT2D eigenvalue weighted by atomic mass is 10.2. The fourth-order valence-corrected chi connectivity index (χ4v) is 2.99. The Morgan fingerprint density at radius 1 is 1.29 bits per heavy atom. The lowest BCUT2D eigenvalue weighted by Gasteiger charge is -2.09. The van der Waals surface area contributed by atoms with Crippen LogP contribution in [-0.4, -0.2) is 26.3 Å². The fraction of sp³-hybridized carbons (Fsp3) is 0.357. The van der Waals surface area contributed by atoms with Gasteiger partial charge in [0.1, 0.15) is 10.6 Å². The van der Waals surface area contributed by atoms with Crippen molar-refractivity contribution < 1.29 is 0 Å². The predicted molar refractivity (Wildman–Crippen MR) is 86.9 cm³/mol. The highest BCUT2D eigenvalue weighted by atomic mass is 32.1. The summed E-state index contributed by atoms with van der Waals surface area (Å²) < 4.78 is 1.83. The molecule has 3 aromatic heterocycles. The standard InChI is InChI=1S/C14H18N6S/c1-4-15-14-17-12(11-5-6-21-13(11)18-14)16-7-10-8-20(3)19-9(10)2/h5-6,8H,4,7H2,1-3H3,(H2,15,16,17,18). The van der Waals surface area contributed by atoms with Crippen LogP contribution in [0.15, 0.2) is 17.6 Å². The van der Waals surface area contributed by atoms with Gasteiger partial charge >= 0.3 is 0 Å². The van der Waals surface area contributed by atoms with Crippen molar-refractivity contribution in [2.24, 2.45) is 7.05 Å². The van der Waals surface area contributed by atoms with Crippen LogP contribution < -0.4 is 10.6 Å². The van der Waals surface area contributed by atoms with E-state index >= 15 is 0 Å². The number of rotatable bonds is 5. The molecule has 0 spiro atoms. The molecule has 2 N–H and O–H groups in total. The molecular weight excluding hydrogens is 284 g/mol. The Morgan fingerprint density at radius 2 is 2.14 bits per heavy atom. The molecule has 3 heterocycles. The number of nitrogens with one attached hydrogen (secondary N) is 2. The maximum absolute atomic E-state index is 4.56. The summed E-state index contributed by atoms with van der Waals surface area (Å²) in [5.41, 5.74) is 2.21. The molecule has 21 heavy (non-hydrogen) atoms. The molecule has 0 saturated carbocycles. The van der Waals surface area contributed by atoms with E-state index in [1.54, 1.807) is 11.3 Å². The molecule has 0 aromatic carbocycles. The van der Waals surface area contributed by atoms with Crippen LogP contribution in [0.25, 0.3) is 10.2 Å². The fourth-order valence-electron chi connectivity index (χ4n) is 2.23. The Balaban J connectivity index is 1.88. The maximum atomic E-state index is 4.56. The number of thiophene rings is 1. The molecule has 7 heteroatoms. The van der Waals surface area contributed by atoms with Crippen molar-refractivity contribution in [2.75, 3.05) is 17.2 Å². The van der Waals surface area contributed by atoms with E-state index in [1.807, 2.05) is 43.2 Å². The Bertz CT molecular complexity index is 760. The molecule has 3 aromatic rings. The third kappa shape index (κ3) is 2.82. The van der Waals surface area contributed by atoms with E-state index in [0.717, 1.165) is 28.3 Å². The zero-order valence-electron chi connectivity index (χ0n) is 12.3. The average molecular weight is 302 g/mol. The second kappa shape index (κ2) is 5.69. The van der Waals surface area contributed by atoms with Gasteiger partial charge in [0.05, 0.1) is 11.1 Å². The lowest BCUT2D eigenvalue weighted by molar-refractivity contribution is 0.756. The first kappa shape index (κ1) is 13.8. The molecular formula is C14H18N6S. The van der Waals surface area contributed by atoms with Crippen molar-refractivity contribution in [3.05, 3.63) is 28.9 Å². The first-order valence-corrected chi connectivity index (χ1v) is 7.77. The summed E-state index contributed by atoms with van der Waals surface area (Å²) in [6.07, 6.45) is 2.03. The second-order valence-corrected chi connectivity index (χ2v) is 5.73. The number of aromatic nitrogens is 4. The monoisotopic (exact) mass is 302 g/mol. The van der Waals surface area contributed by atoms with Gasteiger partial charge in [0.15, 0.2) is 0 Å². The summed E-state index contributed by atoms with van der Waals surface area (Å²) >= 11 is 1.62. The first-order valence-electron chi connectivity index (χ1n) is 6.89. The third-order valence-electron chi connectivity index (χ3n) is 3.22. The van der Waals surface area contributed by atoms with E-state index in [9.17, 15) is 0 Å². The van der Waals surface area contributed by atoms with E-state index in [2.05, 4.69) is 25.7 Å². The summed E-state index contributed by atoms with van der Waals surface area (Å²) in [6, 6.07) is 2.05. The summed E-state index contributed by atoms with van der Waals surface area (Å²) in [6.45, 7) is 5.56. The van der Waals surface area contributed by atoms with Crippen molar-refractivity contribution in [1.29, 1.82) is 0 Å². The maximum Gasteiger partial charge on any atom is 0.226 e. The van der Waals surface area contributed by atoms with Crippen LogP contribution >= 0.6 is 11.3 Å². The number of anilines is 2. The quantitative estimate of drug-likeness (QED) is 0.758. The van der Waals surface area contributed by atoms with Crippen molar-refractivity contribution in [2.45, 2.75) is 20.4 Å². The van der Waals surface area contributed by atoms with Gasteiger partial charge in [-0.2, -0.15) is 10.1 Å². The van der Waals surface area contributed by atoms with E-state index in [0.29, 0.717) is 12.5 Å². The van der Waals surface area contributed by atoms with Crippen molar-refractivity contribution in [1.82, 2.24) is 19.7 Å². The average Bonchev–Trinajstić information content (AvgIpc) is 3.03. The van der Waals surface area contributed by atoms with Gasteiger partial charge in [-0.25, -0.2) is 4.98 Å². The van der Waals surface area contributed by atoms with Gasteiger partial charge in [-0.1, -0.05) is 0 Å². The molecule has 110 valence electrons. The van der Waals surface area contributed by atoms with Crippen LogP contribution in [0.3, 0.4) is 0 Å². The smallest absolute Gasteiger partial charge is 0.226 e. The molecule has 3 rings (SSSR count). The topological polar surface area (TPSA) is 67.7 Å². The predicted octanol–water partition coefficient (Wildman–Crippen LogP) is 2.78. The number of hydrogen-bond donors (Lipinski definition) is 2. The van der Waals surface area contributed by atoms with Crippen LogP contribution in [0, 0.1) is 6.92 Å². The molecule has 0 amide bonds. The van der Waals surface area contributed by atoms with Gasteiger partial charge in [-0.3, -0.25) is 4.68 Å². The van der Waals surface area contributed by atoms with Crippen molar-refractivity contribution in [3.63, 3.8) is 0 Å². The molecule has 0 aliphatic heterocycles. The zero-order chi connectivity index (χ0) is 14.8. The highest BCUT2D eigenvalue weighted by Crippen LogP contribution is 2.26. The van der Waals surface area contributed by atoms with Crippen LogP contribution in [0.5, 0.6) is 0 Å². The zero-order valence-corrected chi connectivity index (χ0v) is 13.2. The van der Waals surface area contributed by atoms with Crippen molar-refractivity contribution in [3.8, 4) is 0 Å². The normalized spacial score (nSPS) is 11.0. The van der Waals surface area contributed by atoms with E-state index in [1.165, 1.54) is 5.56 Å².